The number of rotatable bonds is 6. The number of hydrogen-bond acceptors (Lipinski definition) is 7. The quantitative estimate of drug-likeness (QED) is 0.286. The third kappa shape index (κ3) is 3.65. The highest BCUT2D eigenvalue weighted by atomic mass is 19.1. The Morgan fingerprint density at radius 3 is 2.88 bits per heavy atom. The molecule has 4 aliphatic carbocycles. The van der Waals surface area contributed by atoms with Gasteiger partial charge in [-0.3, -0.25) is 9.78 Å². The van der Waals surface area contributed by atoms with E-state index in [1.54, 1.807) is 23.0 Å². The van der Waals surface area contributed by atoms with Crippen LogP contribution in [-0.2, 0) is 11.8 Å². The minimum Gasteiger partial charge on any atom is -0.443 e. The minimum absolute atomic E-state index is 0.0900. The Morgan fingerprint density at radius 1 is 1.18 bits per heavy atom. The fourth-order valence-corrected chi connectivity index (χ4v) is 6.68. The van der Waals surface area contributed by atoms with Crippen LogP contribution in [0.3, 0.4) is 0 Å². The molecule has 4 saturated carbocycles. The van der Waals surface area contributed by atoms with Gasteiger partial charge in [-0.2, -0.15) is 15.3 Å². The van der Waals surface area contributed by atoms with E-state index in [0.29, 0.717) is 30.2 Å². The summed E-state index contributed by atoms with van der Waals surface area (Å²) in [6, 6.07) is 7.96. The van der Waals surface area contributed by atoms with Crippen molar-refractivity contribution in [2.24, 2.45) is 13.0 Å². The van der Waals surface area contributed by atoms with E-state index >= 15 is 4.39 Å². The van der Waals surface area contributed by atoms with Crippen molar-refractivity contribution in [3.63, 3.8) is 0 Å². The van der Waals surface area contributed by atoms with Crippen LogP contribution >= 0.6 is 0 Å². The standard InChI is InChI=1S/C28H28FN9O2/c1-37-21-4-2-16(8-17(21)13-31-37)19-14-32-38-7-6-30-26(25(19)38)33-23-9-20(35-36-23)18-3-5-22(24(18)29)40-27(39)34-28-10-15(11-28)12-28/h2,4,6-9,13-15,18,22,24H,3,5,10-12H2,1H3,(H,34,39)(H2,30,33,35,36)/t15?,18-,22-,24+,28?/m1/s1. The monoisotopic (exact) mass is 541 g/mol. The van der Waals surface area contributed by atoms with Crippen LogP contribution in [0.1, 0.15) is 43.7 Å². The summed E-state index contributed by atoms with van der Waals surface area (Å²) in [5, 5.41) is 23.5. The van der Waals surface area contributed by atoms with E-state index in [2.05, 4.69) is 42.1 Å². The number of anilines is 2. The van der Waals surface area contributed by atoms with E-state index in [9.17, 15) is 4.79 Å². The third-order valence-electron chi connectivity index (χ3n) is 8.90. The van der Waals surface area contributed by atoms with Gasteiger partial charge in [-0.05, 0) is 55.7 Å². The number of halogens is 1. The molecule has 9 rings (SSSR count). The number of H-pyrrole nitrogens is 1. The third-order valence-corrected chi connectivity index (χ3v) is 8.90. The van der Waals surface area contributed by atoms with Crippen molar-refractivity contribution >= 4 is 34.1 Å². The van der Waals surface area contributed by atoms with E-state index in [1.807, 2.05) is 36.3 Å². The summed E-state index contributed by atoms with van der Waals surface area (Å²) in [5.74, 6) is 1.40. The molecular formula is C28H28FN9O2. The van der Waals surface area contributed by atoms with Crippen LogP contribution in [0.2, 0.25) is 0 Å². The van der Waals surface area contributed by atoms with E-state index in [4.69, 9.17) is 4.74 Å². The van der Waals surface area contributed by atoms with Gasteiger partial charge in [0.15, 0.2) is 11.6 Å². The molecule has 0 unspecified atom stereocenters. The van der Waals surface area contributed by atoms with Gasteiger partial charge >= 0.3 is 6.09 Å². The summed E-state index contributed by atoms with van der Waals surface area (Å²) >= 11 is 0. The predicted octanol–water partition coefficient (Wildman–Crippen LogP) is 4.61. The van der Waals surface area contributed by atoms with E-state index in [0.717, 1.165) is 52.7 Å². The highest BCUT2D eigenvalue weighted by molar-refractivity contribution is 5.93. The van der Waals surface area contributed by atoms with Crippen molar-refractivity contribution in [1.82, 2.24) is 39.9 Å². The SMILES string of the molecule is Cn1ncc2cc(-c3cnn4ccnc(Nc5cc([C@H]6CC[C@@H](OC(=O)NC78CC(C7)C8)[C@H]6F)[nH]n5)c34)ccc21. The van der Waals surface area contributed by atoms with Crippen LogP contribution in [0.5, 0.6) is 0 Å². The zero-order valence-corrected chi connectivity index (χ0v) is 21.8. The highest BCUT2D eigenvalue weighted by Gasteiger charge is 2.58. The molecule has 1 amide bonds. The molecule has 0 spiro atoms. The van der Waals surface area contributed by atoms with Crippen LogP contribution in [0.25, 0.3) is 27.5 Å². The van der Waals surface area contributed by atoms with Gasteiger partial charge in [0.1, 0.15) is 17.8 Å². The lowest BCUT2D eigenvalue weighted by Gasteiger charge is -2.61. The van der Waals surface area contributed by atoms with Crippen LogP contribution in [-0.4, -0.2) is 58.5 Å². The summed E-state index contributed by atoms with van der Waals surface area (Å²) in [7, 11) is 1.92. The molecule has 204 valence electrons. The van der Waals surface area contributed by atoms with Gasteiger partial charge in [-0.15, -0.1) is 0 Å². The number of nitrogens with zero attached hydrogens (tertiary/aromatic N) is 6. The number of carbonyl (C=O) groups excluding carboxylic acids is 1. The molecule has 4 heterocycles. The maximum atomic E-state index is 15.4. The van der Waals surface area contributed by atoms with Gasteiger partial charge in [0.05, 0.1) is 17.9 Å². The van der Waals surface area contributed by atoms with Crippen molar-refractivity contribution in [2.45, 2.75) is 55.8 Å². The Kier molecular flexibility index (Phi) is 4.98. The fourth-order valence-electron chi connectivity index (χ4n) is 6.68. The molecule has 4 aliphatic rings. The smallest absolute Gasteiger partial charge is 0.407 e. The number of aromatic nitrogens is 7. The van der Waals surface area contributed by atoms with Gasteiger partial charge in [0.2, 0.25) is 0 Å². The molecule has 0 radical (unpaired) electrons. The molecule has 12 heteroatoms. The van der Waals surface area contributed by atoms with Crippen LogP contribution < -0.4 is 10.6 Å². The first kappa shape index (κ1) is 23.4. The maximum Gasteiger partial charge on any atom is 0.407 e. The van der Waals surface area contributed by atoms with E-state index < -0.39 is 24.3 Å². The van der Waals surface area contributed by atoms with Crippen molar-refractivity contribution in [1.29, 1.82) is 0 Å². The zero-order valence-electron chi connectivity index (χ0n) is 21.8. The van der Waals surface area contributed by atoms with Crippen molar-refractivity contribution in [2.75, 3.05) is 5.32 Å². The molecule has 4 fully saturated rings. The number of nitrogens with one attached hydrogen (secondary N) is 3. The number of carbonyl (C=O) groups is 1. The normalized spacial score (nSPS) is 26.9. The molecule has 3 atom stereocenters. The van der Waals surface area contributed by atoms with Gasteiger partial charge in [0.25, 0.3) is 0 Å². The number of benzene rings is 1. The molecule has 3 N–H and O–H groups in total. The lowest BCUT2D eigenvalue weighted by Crippen LogP contribution is -2.68. The maximum absolute atomic E-state index is 15.4. The topological polar surface area (TPSA) is 127 Å². The average Bonchev–Trinajstić information content (AvgIpc) is 3.69. The first-order chi connectivity index (χ1) is 19.4. The number of ether oxygens (including phenoxy) is 1. The van der Waals surface area contributed by atoms with Crippen LogP contribution in [0.4, 0.5) is 20.8 Å². The second-order valence-corrected chi connectivity index (χ2v) is 11.5. The molecule has 0 aliphatic heterocycles. The summed E-state index contributed by atoms with van der Waals surface area (Å²) in [6.45, 7) is 0. The molecule has 5 aromatic rings. The first-order valence-corrected chi connectivity index (χ1v) is 13.6. The largest absolute Gasteiger partial charge is 0.443 e. The fraction of sp³-hybridized carbons (Fsp3) is 0.393. The van der Waals surface area contributed by atoms with Crippen molar-refractivity contribution in [3.8, 4) is 11.1 Å². The van der Waals surface area contributed by atoms with Gasteiger partial charge < -0.3 is 15.4 Å². The minimum atomic E-state index is -1.31. The number of amides is 1. The molecule has 1 aromatic carbocycles. The lowest BCUT2D eigenvalue weighted by molar-refractivity contribution is -0.0532. The number of alkyl halides is 1. The molecule has 11 nitrogen and oxygen atoms in total. The van der Waals surface area contributed by atoms with Gasteiger partial charge in [0, 0.05) is 53.6 Å². The Morgan fingerprint density at radius 2 is 2.05 bits per heavy atom. The molecular weight excluding hydrogens is 513 g/mol. The van der Waals surface area contributed by atoms with Crippen LogP contribution in [0, 0.1) is 5.92 Å². The molecule has 4 aromatic heterocycles. The number of fused-ring (bicyclic) bond motifs is 2. The lowest BCUT2D eigenvalue weighted by atomic mass is 9.50. The average molecular weight is 542 g/mol. The van der Waals surface area contributed by atoms with Gasteiger partial charge in [-0.1, -0.05) is 6.07 Å². The highest BCUT2D eigenvalue weighted by Crippen LogP contribution is 2.57. The molecule has 40 heavy (non-hydrogen) atoms. The van der Waals surface area contributed by atoms with Crippen molar-refractivity contribution in [3.05, 3.63) is 54.7 Å². The second kappa shape index (κ2) is 8.51. The summed E-state index contributed by atoms with van der Waals surface area (Å²) in [6.07, 6.45) is 8.61. The summed E-state index contributed by atoms with van der Waals surface area (Å²) < 4.78 is 24.5. The predicted molar refractivity (Wildman–Crippen MR) is 145 cm³/mol. The molecule has 2 bridgehead atoms. The molecule has 0 saturated heterocycles. The summed E-state index contributed by atoms with van der Waals surface area (Å²) in [5.41, 5.74) is 4.30. The van der Waals surface area contributed by atoms with E-state index in [-0.39, 0.29) is 5.54 Å². The van der Waals surface area contributed by atoms with E-state index in [1.165, 1.54) is 0 Å². The number of hydrogen-bond donors (Lipinski definition) is 3. The Bertz CT molecular complexity index is 1760. The number of aryl methyl sites for hydroxylation is 1. The summed E-state index contributed by atoms with van der Waals surface area (Å²) in [4.78, 5) is 16.9. The number of aromatic amines is 1. The van der Waals surface area contributed by atoms with Crippen molar-refractivity contribution < 1.29 is 13.9 Å². The number of alkyl carbamates (subject to hydrolysis) is 1. The Balaban J connectivity index is 1.00. The Labute approximate surface area is 228 Å². The van der Waals surface area contributed by atoms with Crippen LogP contribution in [0.15, 0.2) is 49.1 Å². The van der Waals surface area contributed by atoms with Gasteiger partial charge in [-0.25, -0.2) is 18.7 Å². The zero-order chi connectivity index (χ0) is 27.0. The first-order valence-electron chi connectivity index (χ1n) is 13.6. The Hall–Kier alpha value is -4.48. The second-order valence-electron chi connectivity index (χ2n) is 11.5.